The van der Waals surface area contributed by atoms with Crippen LogP contribution in [0.15, 0.2) is 0 Å². The highest BCUT2D eigenvalue weighted by atomic mass is 16.5. The van der Waals surface area contributed by atoms with Crippen molar-refractivity contribution < 1.29 is 14.2 Å². The van der Waals surface area contributed by atoms with E-state index in [1.165, 1.54) is 0 Å². The first-order valence-corrected chi connectivity index (χ1v) is 6.71. The van der Waals surface area contributed by atoms with Crippen molar-refractivity contribution in [2.45, 2.75) is 27.2 Å². The Kier molecular flexibility index (Phi) is 13.8. The molecule has 1 N–H and O–H groups in total. The Morgan fingerprint density at radius 2 is 1.35 bits per heavy atom. The smallest absolute Gasteiger partial charge is 0.0701 e. The van der Waals surface area contributed by atoms with E-state index in [4.69, 9.17) is 14.2 Å². The van der Waals surface area contributed by atoms with Crippen LogP contribution in [0.3, 0.4) is 0 Å². The van der Waals surface area contributed by atoms with Crippen LogP contribution in [-0.2, 0) is 14.2 Å². The topological polar surface area (TPSA) is 39.7 Å². The molecule has 0 unspecified atom stereocenters. The molecule has 0 heterocycles. The minimum absolute atomic E-state index is 0.652. The minimum Gasteiger partial charge on any atom is -0.379 e. The fraction of sp³-hybridized carbons (Fsp3) is 1.00. The lowest BCUT2D eigenvalue weighted by Gasteiger charge is -2.08. The summed E-state index contributed by atoms with van der Waals surface area (Å²) in [6, 6.07) is 0. The molecule has 0 radical (unpaired) electrons. The predicted octanol–water partition coefficient (Wildman–Crippen LogP) is 1.69. The van der Waals surface area contributed by atoms with E-state index < -0.39 is 0 Å². The maximum Gasteiger partial charge on any atom is 0.0701 e. The standard InChI is InChI=1S/C13H29NO3/c1-4-6-15-8-10-17-11-9-16-7-5-14-12-13(2)3/h13-14H,4-12H2,1-3H3. The number of nitrogens with one attached hydrogen (secondary N) is 1. The van der Waals surface area contributed by atoms with Crippen molar-refractivity contribution in [2.75, 3.05) is 52.7 Å². The van der Waals surface area contributed by atoms with E-state index in [-0.39, 0.29) is 0 Å². The molecule has 0 rings (SSSR count). The summed E-state index contributed by atoms with van der Waals surface area (Å²) in [5.74, 6) is 0.696. The van der Waals surface area contributed by atoms with Gasteiger partial charge in [-0.15, -0.1) is 0 Å². The molecule has 0 saturated carbocycles. The number of hydrogen-bond donors (Lipinski definition) is 1. The highest BCUT2D eigenvalue weighted by Gasteiger charge is 1.93. The van der Waals surface area contributed by atoms with Crippen LogP contribution in [0.2, 0.25) is 0 Å². The van der Waals surface area contributed by atoms with Crippen molar-refractivity contribution in [3.8, 4) is 0 Å². The van der Waals surface area contributed by atoms with Crippen LogP contribution in [0.4, 0.5) is 0 Å². The van der Waals surface area contributed by atoms with Gasteiger partial charge >= 0.3 is 0 Å². The number of hydrogen-bond acceptors (Lipinski definition) is 4. The number of rotatable bonds is 13. The van der Waals surface area contributed by atoms with Gasteiger partial charge in [0.25, 0.3) is 0 Å². The molecular weight excluding hydrogens is 218 g/mol. The van der Waals surface area contributed by atoms with Crippen LogP contribution in [0.5, 0.6) is 0 Å². The van der Waals surface area contributed by atoms with E-state index in [0.29, 0.717) is 32.3 Å². The molecule has 0 aromatic carbocycles. The molecule has 104 valence electrons. The molecular formula is C13H29NO3. The van der Waals surface area contributed by atoms with Crippen molar-refractivity contribution in [1.82, 2.24) is 5.32 Å². The Morgan fingerprint density at radius 3 is 1.88 bits per heavy atom. The minimum atomic E-state index is 0.652. The van der Waals surface area contributed by atoms with Gasteiger partial charge in [0.15, 0.2) is 0 Å². The Balaban J connectivity index is 2.89. The van der Waals surface area contributed by atoms with E-state index in [2.05, 4.69) is 26.1 Å². The summed E-state index contributed by atoms with van der Waals surface area (Å²) < 4.78 is 16.1. The fourth-order valence-electron chi connectivity index (χ4n) is 1.22. The summed E-state index contributed by atoms with van der Waals surface area (Å²) in [6.07, 6.45) is 1.06. The molecule has 0 saturated heterocycles. The van der Waals surface area contributed by atoms with Gasteiger partial charge in [0.1, 0.15) is 0 Å². The lowest BCUT2D eigenvalue weighted by atomic mass is 10.2. The third-order valence-electron chi connectivity index (χ3n) is 2.07. The van der Waals surface area contributed by atoms with Gasteiger partial charge in [0.05, 0.1) is 33.0 Å². The molecule has 0 amide bonds. The van der Waals surface area contributed by atoms with Gasteiger partial charge in [0, 0.05) is 13.2 Å². The second kappa shape index (κ2) is 13.9. The van der Waals surface area contributed by atoms with Crippen LogP contribution in [-0.4, -0.2) is 52.7 Å². The molecule has 4 nitrogen and oxygen atoms in total. The summed E-state index contributed by atoms with van der Waals surface area (Å²) in [5.41, 5.74) is 0. The van der Waals surface area contributed by atoms with Crippen molar-refractivity contribution in [3.05, 3.63) is 0 Å². The summed E-state index contributed by atoms with van der Waals surface area (Å²) in [5, 5.41) is 3.32. The predicted molar refractivity (Wildman–Crippen MR) is 70.5 cm³/mol. The van der Waals surface area contributed by atoms with Crippen LogP contribution in [0.25, 0.3) is 0 Å². The van der Waals surface area contributed by atoms with Gasteiger partial charge in [-0.2, -0.15) is 0 Å². The Bertz CT molecular complexity index is 143. The Morgan fingerprint density at radius 1 is 0.824 bits per heavy atom. The van der Waals surface area contributed by atoms with Crippen LogP contribution in [0.1, 0.15) is 27.2 Å². The van der Waals surface area contributed by atoms with E-state index in [0.717, 1.165) is 32.7 Å². The zero-order valence-corrected chi connectivity index (χ0v) is 11.7. The zero-order chi connectivity index (χ0) is 12.8. The lowest BCUT2D eigenvalue weighted by Crippen LogP contribution is -2.24. The van der Waals surface area contributed by atoms with Crippen molar-refractivity contribution >= 4 is 0 Å². The monoisotopic (exact) mass is 247 g/mol. The number of ether oxygens (including phenoxy) is 3. The second-order valence-electron chi connectivity index (χ2n) is 4.44. The Labute approximate surface area is 106 Å². The van der Waals surface area contributed by atoms with Gasteiger partial charge in [-0.3, -0.25) is 0 Å². The highest BCUT2D eigenvalue weighted by Crippen LogP contribution is 1.86. The first-order valence-electron chi connectivity index (χ1n) is 6.71. The van der Waals surface area contributed by atoms with Crippen LogP contribution < -0.4 is 5.32 Å². The maximum absolute atomic E-state index is 5.41. The SMILES string of the molecule is CCCOCCOCCOCCNCC(C)C. The van der Waals surface area contributed by atoms with Gasteiger partial charge < -0.3 is 19.5 Å². The third-order valence-corrected chi connectivity index (χ3v) is 2.07. The molecule has 0 bridgehead atoms. The molecule has 4 heteroatoms. The van der Waals surface area contributed by atoms with E-state index in [9.17, 15) is 0 Å². The third kappa shape index (κ3) is 15.8. The first-order chi connectivity index (χ1) is 8.27. The summed E-state index contributed by atoms with van der Waals surface area (Å²) >= 11 is 0. The molecule has 0 aliphatic rings. The maximum atomic E-state index is 5.41. The summed E-state index contributed by atoms with van der Waals surface area (Å²) in [4.78, 5) is 0. The summed E-state index contributed by atoms with van der Waals surface area (Å²) in [7, 11) is 0. The van der Waals surface area contributed by atoms with Crippen LogP contribution in [0, 0.1) is 5.92 Å². The fourth-order valence-corrected chi connectivity index (χ4v) is 1.22. The molecule has 0 aliphatic carbocycles. The van der Waals surface area contributed by atoms with Crippen molar-refractivity contribution in [3.63, 3.8) is 0 Å². The molecule has 0 spiro atoms. The largest absolute Gasteiger partial charge is 0.379 e. The lowest BCUT2D eigenvalue weighted by molar-refractivity contribution is 0.0152. The zero-order valence-electron chi connectivity index (χ0n) is 11.7. The van der Waals surface area contributed by atoms with E-state index >= 15 is 0 Å². The van der Waals surface area contributed by atoms with Gasteiger partial charge in [-0.25, -0.2) is 0 Å². The summed E-state index contributed by atoms with van der Waals surface area (Å²) in [6.45, 7) is 12.7. The quantitative estimate of drug-likeness (QED) is 0.503. The van der Waals surface area contributed by atoms with Gasteiger partial charge in [0.2, 0.25) is 0 Å². The van der Waals surface area contributed by atoms with E-state index in [1.807, 2.05) is 0 Å². The van der Waals surface area contributed by atoms with E-state index in [1.54, 1.807) is 0 Å². The molecule has 0 aromatic rings. The normalized spacial score (nSPS) is 11.3. The van der Waals surface area contributed by atoms with Gasteiger partial charge in [-0.05, 0) is 18.9 Å². The van der Waals surface area contributed by atoms with Gasteiger partial charge in [-0.1, -0.05) is 20.8 Å². The molecule has 0 aliphatic heterocycles. The highest BCUT2D eigenvalue weighted by molar-refractivity contribution is 4.49. The molecule has 17 heavy (non-hydrogen) atoms. The molecule has 0 atom stereocenters. The molecule has 0 fully saturated rings. The second-order valence-corrected chi connectivity index (χ2v) is 4.44. The average molecular weight is 247 g/mol. The molecule has 0 aromatic heterocycles. The first kappa shape index (κ1) is 16.8. The van der Waals surface area contributed by atoms with Crippen LogP contribution >= 0.6 is 0 Å². The van der Waals surface area contributed by atoms with Crippen molar-refractivity contribution in [2.24, 2.45) is 5.92 Å². The van der Waals surface area contributed by atoms with Crippen molar-refractivity contribution in [1.29, 1.82) is 0 Å². The Hall–Kier alpha value is -0.160. The average Bonchev–Trinajstić information content (AvgIpc) is 2.30.